The zero-order chi connectivity index (χ0) is 10.8. The number of amides is 1. The quantitative estimate of drug-likeness (QED) is 0.488. The number of carbonyl (C=O) groups is 1. The zero-order valence-electron chi connectivity index (χ0n) is 8.99. The Hall–Kier alpha value is -1.32. The van der Waals surface area contributed by atoms with Crippen LogP contribution in [0.5, 0.6) is 0 Å². The number of rotatable bonds is 0. The number of allylic oxidation sites excluding steroid dienone is 2. The molecule has 0 bridgehead atoms. The predicted molar refractivity (Wildman–Crippen MR) is 56.7 cm³/mol. The van der Waals surface area contributed by atoms with E-state index >= 15 is 0 Å². The van der Waals surface area contributed by atoms with Crippen molar-refractivity contribution in [2.24, 2.45) is 5.16 Å². The van der Waals surface area contributed by atoms with Gasteiger partial charge in [-0.05, 0) is 37.7 Å². The van der Waals surface area contributed by atoms with Crippen LogP contribution in [0.2, 0.25) is 0 Å². The Morgan fingerprint density at radius 3 is 2.80 bits per heavy atom. The van der Waals surface area contributed by atoms with Crippen molar-refractivity contribution in [1.29, 1.82) is 0 Å². The van der Waals surface area contributed by atoms with Gasteiger partial charge in [0.25, 0.3) is 0 Å². The van der Waals surface area contributed by atoms with Crippen molar-refractivity contribution in [3.05, 3.63) is 11.3 Å². The molecule has 15 heavy (non-hydrogen) atoms. The van der Waals surface area contributed by atoms with Crippen molar-refractivity contribution in [2.45, 2.75) is 39.0 Å². The normalized spacial score (nSPS) is 24.3. The number of carbonyl (C=O) groups excluding carboxylic acids is 1. The summed E-state index contributed by atoms with van der Waals surface area (Å²) in [6, 6.07) is 0. The van der Waals surface area contributed by atoms with E-state index in [0.29, 0.717) is 0 Å². The van der Waals surface area contributed by atoms with Gasteiger partial charge in [0.05, 0.1) is 5.71 Å². The van der Waals surface area contributed by atoms with E-state index in [9.17, 15) is 4.79 Å². The second-order valence-electron chi connectivity index (χ2n) is 4.10. The Bertz CT molecular complexity index is 344. The summed E-state index contributed by atoms with van der Waals surface area (Å²) in [6.45, 7) is 2.41. The van der Waals surface area contributed by atoms with Crippen molar-refractivity contribution in [1.82, 2.24) is 4.90 Å². The Morgan fingerprint density at radius 2 is 2.13 bits per heavy atom. The fourth-order valence-corrected chi connectivity index (χ4v) is 2.48. The summed E-state index contributed by atoms with van der Waals surface area (Å²) in [4.78, 5) is 13.3. The van der Waals surface area contributed by atoms with Crippen molar-refractivity contribution < 1.29 is 10.0 Å². The maximum absolute atomic E-state index is 11.4. The lowest BCUT2D eigenvalue weighted by atomic mass is 9.88. The molecule has 0 aromatic heterocycles. The van der Waals surface area contributed by atoms with Crippen LogP contribution in [0.25, 0.3) is 0 Å². The highest BCUT2D eigenvalue weighted by molar-refractivity contribution is 6.01. The lowest BCUT2D eigenvalue weighted by molar-refractivity contribution is -0.127. The fraction of sp³-hybridized carbons (Fsp3) is 0.636. The first-order valence-electron chi connectivity index (χ1n) is 5.45. The smallest absolute Gasteiger partial charge is 0.223 e. The van der Waals surface area contributed by atoms with Crippen molar-refractivity contribution >= 4 is 11.6 Å². The minimum absolute atomic E-state index is 0.0985. The topological polar surface area (TPSA) is 52.9 Å². The molecule has 82 valence electrons. The van der Waals surface area contributed by atoms with Crippen molar-refractivity contribution in [2.75, 3.05) is 6.54 Å². The first kappa shape index (κ1) is 10.2. The first-order valence-corrected chi connectivity index (χ1v) is 5.45. The number of hydrogen-bond donors (Lipinski definition) is 1. The summed E-state index contributed by atoms with van der Waals surface area (Å²) in [7, 11) is 0. The summed E-state index contributed by atoms with van der Waals surface area (Å²) in [5.74, 6) is 0.0985. The van der Waals surface area contributed by atoms with E-state index in [-0.39, 0.29) is 5.91 Å². The van der Waals surface area contributed by atoms with Gasteiger partial charge in [-0.2, -0.15) is 0 Å². The molecule has 0 aromatic carbocycles. The third-order valence-corrected chi connectivity index (χ3v) is 3.16. The van der Waals surface area contributed by atoms with Gasteiger partial charge in [-0.1, -0.05) is 5.16 Å². The molecule has 1 heterocycles. The van der Waals surface area contributed by atoms with Crippen LogP contribution in [0.4, 0.5) is 0 Å². The van der Waals surface area contributed by atoms with Crippen molar-refractivity contribution in [3.63, 3.8) is 0 Å². The van der Waals surface area contributed by atoms with Gasteiger partial charge >= 0.3 is 0 Å². The number of oxime groups is 1. The summed E-state index contributed by atoms with van der Waals surface area (Å²) >= 11 is 0. The van der Waals surface area contributed by atoms with E-state index in [2.05, 4.69) is 5.16 Å². The predicted octanol–water partition coefficient (Wildman–Crippen LogP) is 1.90. The molecule has 2 aliphatic rings. The molecule has 0 unspecified atom stereocenters. The second-order valence-corrected chi connectivity index (χ2v) is 4.10. The van der Waals surface area contributed by atoms with Gasteiger partial charge in [0.15, 0.2) is 0 Å². The van der Waals surface area contributed by atoms with E-state index in [0.717, 1.165) is 55.6 Å². The maximum atomic E-state index is 11.4. The minimum Gasteiger partial charge on any atom is -0.411 e. The first-order chi connectivity index (χ1) is 7.24. The van der Waals surface area contributed by atoms with Gasteiger partial charge in [-0.3, -0.25) is 4.79 Å². The standard InChI is InChI=1S/C11H16N2O2/c1-8(14)13-7-3-4-9-10(12-15)5-2-6-11(9)13/h15H,2-7H2,1H3. The van der Waals surface area contributed by atoms with Crippen LogP contribution in [0, 0.1) is 0 Å². The molecule has 0 aromatic rings. The second kappa shape index (κ2) is 4.04. The Balaban J connectivity index is 2.38. The average Bonchev–Trinajstić information content (AvgIpc) is 2.27. The molecule has 1 aliphatic carbocycles. The molecule has 4 nitrogen and oxygen atoms in total. The minimum atomic E-state index is 0.0985. The Kier molecular flexibility index (Phi) is 2.75. The molecule has 0 spiro atoms. The number of nitrogens with zero attached hydrogens (tertiary/aromatic N) is 2. The highest BCUT2D eigenvalue weighted by Crippen LogP contribution is 2.32. The molecular weight excluding hydrogens is 192 g/mol. The van der Waals surface area contributed by atoms with E-state index in [4.69, 9.17) is 5.21 Å². The lowest BCUT2D eigenvalue weighted by Crippen LogP contribution is -2.36. The van der Waals surface area contributed by atoms with Gasteiger partial charge in [0.1, 0.15) is 0 Å². The van der Waals surface area contributed by atoms with Crippen LogP contribution < -0.4 is 0 Å². The highest BCUT2D eigenvalue weighted by atomic mass is 16.4. The molecule has 1 amide bonds. The fourth-order valence-electron chi connectivity index (χ4n) is 2.48. The molecule has 0 saturated heterocycles. The van der Waals surface area contributed by atoms with E-state index in [1.54, 1.807) is 6.92 Å². The van der Waals surface area contributed by atoms with Crippen LogP contribution >= 0.6 is 0 Å². The number of hydrogen-bond acceptors (Lipinski definition) is 3. The molecule has 1 N–H and O–H groups in total. The van der Waals surface area contributed by atoms with Crippen LogP contribution in [0.3, 0.4) is 0 Å². The van der Waals surface area contributed by atoms with E-state index in [1.807, 2.05) is 4.90 Å². The largest absolute Gasteiger partial charge is 0.411 e. The monoisotopic (exact) mass is 208 g/mol. The highest BCUT2D eigenvalue weighted by Gasteiger charge is 2.28. The summed E-state index contributed by atoms with van der Waals surface area (Å²) in [5, 5.41) is 12.3. The molecular formula is C11H16N2O2. The van der Waals surface area contributed by atoms with Gasteiger partial charge in [0.2, 0.25) is 5.91 Å². The maximum Gasteiger partial charge on any atom is 0.223 e. The van der Waals surface area contributed by atoms with Crippen LogP contribution in [0.1, 0.15) is 39.0 Å². The van der Waals surface area contributed by atoms with Crippen LogP contribution in [-0.2, 0) is 4.79 Å². The van der Waals surface area contributed by atoms with Gasteiger partial charge in [-0.25, -0.2) is 0 Å². The van der Waals surface area contributed by atoms with Gasteiger partial charge < -0.3 is 10.1 Å². The summed E-state index contributed by atoms with van der Waals surface area (Å²) in [6.07, 6.45) is 4.66. The molecule has 4 heteroatoms. The molecule has 0 atom stereocenters. The van der Waals surface area contributed by atoms with E-state index < -0.39 is 0 Å². The molecule has 2 rings (SSSR count). The Morgan fingerprint density at radius 1 is 1.33 bits per heavy atom. The molecule has 0 radical (unpaired) electrons. The van der Waals surface area contributed by atoms with E-state index in [1.165, 1.54) is 0 Å². The average molecular weight is 208 g/mol. The molecule has 0 saturated carbocycles. The van der Waals surface area contributed by atoms with Crippen LogP contribution in [-0.4, -0.2) is 28.3 Å². The van der Waals surface area contributed by atoms with Gasteiger partial charge in [0, 0.05) is 19.2 Å². The zero-order valence-corrected chi connectivity index (χ0v) is 8.99. The lowest BCUT2D eigenvalue weighted by Gasteiger charge is -2.34. The third kappa shape index (κ3) is 1.76. The van der Waals surface area contributed by atoms with Crippen molar-refractivity contribution in [3.8, 4) is 0 Å². The molecule has 1 aliphatic heterocycles. The summed E-state index contributed by atoms with van der Waals surface area (Å²) < 4.78 is 0. The van der Waals surface area contributed by atoms with Gasteiger partial charge in [-0.15, -0.1) is 0 Å². The molecule has 0 fully saturated rings. The Labute approximate surface area is 89.3 Å². The SMILES string of the molecule is CC(=O)N1CCCC2=C1CCCC2=NO. The van der Waals surface area contributed by atoms with Crippen LogP contribution in [0.15, 0.2) is 16.4 Å². The third-order valence-electron chi connectivity index (χ3n) is 3.16. The summed E-state index contributed by atoms with van der Waals surface area (Å²) in [5.41, 5.74) is 2.97.